The Labute approximate surface area is 183 Å². The first kappa shape index (κ1) is 29.3. The van der Waals surface area contributed by atoms with Crippen molar-refractivity contribution in [1.82, 2.24) is 0 Å². The lowest BCUT2D eigenvalue weighted by Crippen LogP contribution is -2.57. The molecule has 2 N–H and O–H groups in total. The number of phosphoric acid groups is 1. The molecule has 0 bridgehead atoms. The molecule has 0 saturated carbocycles. The molecule has 1 atom stereocenters. The van der Waals surface area contributed by atoms with Crippen molar-refractivity contribution in [2.24, 2.45) is 0 Å². The maximum atomic E-state index is 11.8. The Morgan fingerprint density at radius 1 is 0.933 bits per heavy atom. The number of unbranched alkanes of at least 4 members (excludes halogenated alkanes) is 3. The summed E-state index contributed by atoms with van der Waals surface area (Å²) in [6, 6.07) is 0.257. The third kappa shape index (κ3) is 12.9. The summed E-state index contributed by atoms with van der Waals surface area (Å²) in [5.74, 6) is -0.368. The fourth-order valence-electron chi connectivity index (χ4n) is 3.91. The molecule has 0 spiro atoms. The molecule has 0 heterocycles. The second-order valence-electron chi connectivity index (χ2n) is 8.27. The van der Waals surface area contributed by atoms with Crippen molar-refractivity contribution >= 4 is 13.8 Å². The minimum Gasteiger partial charge on any atom is -0.462 e. The third-order valence-corrected chi connectivity index (χ3v) is 6.14. The van der Waals surface area contributed by atoms with Crippen molar-refractivity contribution in [3.63, 3.8) is 0 Å². The SMILES string of the molecule is C=C(C)C(=O)OCCC(CCCOP(=O)(O)O)[N+](CCCC)(CCCC)CCCC. The van der Waals surface area contributed by atoms with Gasteiger partial charge >= 0.3 is 13.8 Å². The molecule has 178 valence electrons. The fraction of sp³-hybridized carbons (Fsp3) is 0.864. The van der Waals surface area contributed by atoms with Crippen LogP contribution in [0.2, 0.25) is 0 Å². The smallest absolute Gasteiger partial charge is 0.462 e. The van der Waals surface area contributed by atoms with Crippen molar-refractivity contribution in [2.75, 3.05) is 32.8 Å². The molecule has 7 nitrogen and oxygen atoms in total. The summed E-state index contributed by atoms with van der Waals surface area (Å²) in [5, 5.41) is 0. The Bertz CT molecular complexity index is 512. The maximum absolute atomic E-state index is 11.8. The molecule has 30 heavy (non-hydrogen) atoms. The quantitative estimate of drug-likeness (QED) is 0.0949. The van der Waals surface area contributed by atoms with Gasteiger partial charge in [-0.25, -0.2) is 9.36 Å². The summed E-state index contributed by atoms with van der Waals surface area (Å²) in [5.41, 5.74) is 0.394. The van der Waals surface area contributed by atoms with Gasteiger partial charge in [-0.05, 0) is 32.6 Å². The Kier molecular flexibility index (Phi) is 15.6. The number of hydrogen-bond acceptors (Lipinski definition) is 4. The van der Waals surface area contributed by atoms with E-state index < -0.39 is 7.82 Å². The molecule has 0 aliphatic heterocycles. The zero-order valence-corrected chi connectivity index (χ0v) is 20.5. The van der Waals surface area contributed by atoms with Gasteiger partial charge in [0.2, 0.25) is 0 Å². The molecule has 0 aliphatic rings. The Morgan fingerprint density at radius 2 is 1.43 bits per heavy atom. The van der Waals surface area contributed by atoms with Crippen LogP contribution in [0.4, 0.5) is 0 Å². The molecule has 1 unspecified atom stereocenters. The second-order valence-corrected chi connectivity index (χ2v) is 9.51. The van der Waals surface area contributed by atoms with Crippen LogP contribution in [-0.2, 0) is 18.6 Å². The summed E-state index contributed by atoms with van der Waals surface area (Å²) >= 11 is 0. The van der Waals surface area contributed by atoms with Gasteiger partial charge in [0.05, 0.1) is 38.9 Å². The molecule has 0 aromatic heterocycles. The van der Waals surface area contributed by atoms with E-state index in [1.165, 1.54) is 0 Å². The second kappa shape index (κ2) is 16.0. The predicted octanol–water partition coefficient (Wildman–Crippen LogP) is 4.97. The summed E-state index contributed by atoms with van der Waals surface area (Å²) in [7, 11) is -4.45. The lowest BCUT2D eigenvalue weighted by atomic mass is 9.99. The molecular formula is C22H45NO6P+. The third-order valence-electron chi connectivity index (χ3n) is 5.62. The number of hydrogen-bond donors (Lipinski definition) is 2. The van der Waals surface area contributed by atoms with Crippen LogP contribution in [0, 0.1) is 0 Å². The summed E-state index contributed by atoms with van der Waals surface area (Å²) in [6.07, 6.45) is 8.84. The van der Waals surface area contributed by atoms with Crippen LogP contribution in [0.5, 0.6) is 0 Å². The molecule has 0 aromatic rings. The van der Waals surface area contributed by atoms with Crippen LogP contribution < -0.4 is 0 Å². The molecule has 0 radical (unpaired) electrons. The maximum Gasteiger partial charge on any atom is 0.469 e. The van der Waals surface area contributed by atoms with E-state index in [0.717, 1.165) is 75.5 Å². The van der Waals surface area contributed by atoms with E-state index in [-0.39, 0.29) is 18.6 Å². The highest BCUT2D eigenvalue weighted by atomic mass is 31.2. The van der Waals surface area contributed by atoms with E-state index in [1.807, 2.05) is 0 Å². The lowest BCUT2D eigenvalue weighted by molar-refractivity contribution is -0.952. The average Bonchev–Trinajstić information content (AvgIpc) is 2.68. The molecule has 0 fully saturated rings. The topological polar surface area (TPSA) is 93.1 Å². The van der Waals surface area contributed by atoms with Gasteiger partial charge in [-0.15, -0.1) is 0 Å². The molecule has 0 rings (SSSR count). The number of quaternary nitrogens is 1. The molecule has 0 aromatic carbocycles. The van der Waals surface area contributed by atoms with E-state index in [2.05, 4.69) is 31.9 Å². The predicted molar refractivity (Wildman–Crippen MR) is 121 cm³/mol. The Balaban J connectivity index is 5.44. The van der Waals surface area contributed by atoms with Gasteiger partial charge in [0, 0.05) is 18.4 Å². The molecular weight excluding hydrogens is 405 g/mol. The van der Waals surface area contributed by atoms with Gasteiger partial charge < -0.3 is 19.0 Å². The highest BCUT2D eigenvalue weighted by Crippen LogP contribution is 2.36. The molecule has 0 aliphatic carbocycles. The van der Waals surface area contributed by atoms with E-state index in [0.29, 0.717) is 18.6 Å². The van der Waals surface area contributed by atoms with Gasteiger partial charge in [-0.3, -0.25) is 4.52 Å². The highest BCUT2D eigenvalue weighted by molar-refractivity contribution is 7.46. The van der Waals surface area contributed by atoms with Crippen molar-refractivity contribution in [3.8, 4) is 0 Å². The van der Waals surface area contributed by atoms with E-state index in [1.54, 1.807) is 6.92 Å². The number of phosphoric ester groups is 1. The first-order valence-electron chi connectivity index (χ1n) is 11.5. The first-order valence-corrected chi connectivity index (χ1v) is 13.0. The monoisotopic (exact) mass is 450 g/mol. The van der Waals surface area contributed by atoms with Gasteiger partial charge in [0.1, 0.15) is 0 Å². The van der Waals surface area contributed by atoms with Crippen molar-refractivity contribution < 1.29 is 32.9 Å². The van der Waals surface area contributed by atoms with E-state index >= 15 is 0 Å². The lowest BCUT2D eigenvalue weighted by Gasteiger charge is -2.46. The first-order chi connectivity index (χ1) is 14.1. The van der Waals surface area contributed by atoms with Crippen LogP contribution in [0.1, 0.15) is 85.5 Å². The van der Waals surface area contributed by atoms with Crippen molar-refractivity contribution in [1.29, 1.82) is 0 Å². The largest absolute Gasteiger partial charge is 0.469 e. The van der Waals surface area contributed by atoms with E-state index in [4.69, 9.17) is 14.5 Å². The standard InChI is InChI=1S/C22H44NO6P/c1-6-9-15-23(16-10-7-2,17-11-8-3)21(13-12-18-29-30(25,26)27)14-19-28-22(24)20(4)5/h21H,4,6-19H2,1-3,5H3,(H-,25,26,27)/p+1. The van der Waals surface area contributed by atoms with Gasteiger partial charge in [-0.1, -0.05) is 46.6 Å². The van der Waals surface area contributed by atoms with Crippen LogP contribution in [-0.4, -0.2) is 59.1 Å². The fourth-order valence-corrected chi connectivity index (χ4v) is 4.27. The minimum absolute atomic E-state index is 0.0294. The number of carbonyl (C=O) groups excluding carboxylic acids is 1. The zero-order valence-electron chi connectivity index (χ0n) is 19.6. The Morgan fingerprint density at radius 3 is 1.83 bits per heavy atom. The highest BCUT2D eigenvalue weighted by Gasteiger charge is 2.35. The van der Waals surface area contributed by atoms with Crippen molar-refractivity contribution in [3.05, 3.63) is 12.2 Å². The van der Waals surface area contributed by atoms with E-state index in [9.17, 15) is 9.36 Å². The number of rotatable bonds is 19. The molecule has 0 saturated heterocycles. The molecule has 0 amide bonds. The summed E-state index contributed by atoms with van der Waals surface area (Å²) < 4.78 is 22.1. The van der Waals surface area contributed by atoms with Crippen LogP contribution in [0.25, 0.3) is 0 Å². The van der Waals surface area contributed by atoms with Gasteiger partial charge in [0.25, 0.3) is 0 Å². The number of ether oxygens (including phenoxy) is 1. The van der Waals surface area contributed by atoms with Crippen LogP contribution >= 0.6 is 7.82 Å². The number of carbonyl (C=O) groups is 1. The number of nitrogens with zero attached hydrogens (tertiary/aromatic N) is 1. The normalized spacial score (nSPS) is 13.3. The average molecular weight is 451 g/mol. The molecule has 8 heteroatoms. The van der Waals surface area contributed by atoms with Crippen LogP contribution in [0.3, 0.4) is 0 Å². The Hall–Kier alpha value is -0.720. The minimum atomic E-state index is -4.45. The zero-order chi connectivity index (χ0) is 23.0. The van der Waals surface area contributed by atoms with Crippen LogP contribution in [0.15, 0.2) is 12.2 Å². The summed E-state index contributed by atoms with van der Waals surface area (Å²) in [6.45, 7) is 15.5. The summed E-state index contributed by atoms with van der Waals surface area (Å²) in [4.78, 5) is 29.8. The van der Waals surface area contributed by atoms with Gasteiger partial charge in [-0.2, -0.15) is 0 Å². The number of esters is 1. The van der Waals surface area contributed by atoms with Crippen molar-refractivity contribution in [2.45, 2.75) is 91.5 Å². The van der Waals surface area contributed by atoms with Gasteiger partial charge in [0.15, 0.2) is 0 Å².